The quantitative estimate of drug-likeness (QED) is 0.733. The molecule has 13 heavy (non-hydrogen) atoms. The number of halogens is 1. The SMILES string of the molecule is N#CCc1c(F)cccc1C(N)=O. The Labute approximate surface area is 74.6 Å². The molecule has 0 aromatic heterocycles. The third kappa shape index (κ3) is 1.82. The number of hydrogen-bond acceptors (Lipinski definition) is 2. The number of nitrogens with two attached hydrogens (primary N) is 1. The first-order valence-corrected chi connectivity index (χ1v) is 3.61. The van der Waals surface area contributed by atoms with E-state index in [1.165, 1.54) is 18.2 Å². The molecule has 0 spiro atoms. The van der Waals surface area contributed by atoms with Crippen LogP contribution < -0.4 is 5.73 Å². The van der Waals surface area contributed by atoms with Gasteiger partial charge in [-0.25, -0.2) is 4.39 Å². The number of amides is 1. The maximum atomic E-state index is 13.0. The Morgan fingerprint density at radius 2 is 2.31 bits per heavy atom. The van der Waals surface area contributed by atoms with Crippen molar-refractivity contribution in [2.75, 3.05) is 0 Å². The highest BCUT2D eigenvalue weighted by Crippen LogP contribution is 2.13. The van der Waals surface area contributed by atoms with Gasteiger partial charge in [0.15, 0.2) is 0 Å². The zero-order valence-electron chi connectivity index (χ0n) is 6.75. The number of carbonyl (C=O) groups excluding carboxylic acids is 1. The molecule has 4 heteroatoms. The van der Waals surface area contributed by atoms with Crippen molar-refractivity contribution in [3.8, 4) is 6.07 Å². The van der Waals surface area contributed by atoms with Gasteiger partial charge in [0.2, 0.25) is 5.91 Å². The minimum Gasteiger partial charge on any atom is -0.366 e. The van der Waals surface area contributed by atoms with Crippen molar-refractivity contribution in [2.45, 2.75) is 6.42 Å². The van der Waals surface area contributed by atoms with Gasteiger partial charge in [-0.3, -0.25) is 4.79 Å². The summed E-state index contributed by atoms with van der Waals surface area (Å²) in [5.41, 5.74) is 5.14. The molecule has 66 valence electrons. The zero-order valence-corrected chi connectivity index (χ0v) is 6.75. The van der Waals surface area contributed by atoms with Crippen LogP contribution in [-0.4, -0.2) is 5.91 Å². The predicted molar refractivity (Wildman–Crippen MR) is 44.2 cm³/mol. The normalized spacial score (nSPS) is 9.23. The van der Waals surface area contributed by atoms with Crippen LogP contribution in [0.25, 0.3) is 0 Å². The van der Waals surface area contributed by atoms with Crippen molar-refractivity contribution in [2.24, 2.45) is 5.73 Å². The topological polar surface area (TPSA) is 66.9 Å². The molecule has 0 bridgehead atoms. The maximum Gasteiger partial charge on any atom is 0.249 e. The number of nitrogens with zero attached hydrogens (tertiary/aromatic N) is 1. The van der Waals surface area contributed by atoms with Gasteiger partial charge in [-0.1, -0.05) is 6.07 Å². The van der Waals surface area contributed by atoms with Gasteiger partial charge in [-0.15, -0.1) is 0 Å². The Balaban J connectivity index is 3.27. The van der Waals surface area contributed by atoms with Crippen LogP contribution in [0.4, 0.5) is 4.39 Å². The van der Waals surface area contributed by atoms with Crippen LogP contribution in [0.3, 0.4) is 0 Å². The molecule has 0 aliphatic heterocycles. The van der Waals surface area contributed by atoms with Crippen LogP contribution in [0, 0.1) is 17.1 Å². The van der Waals surface area contributed by atoms with E-state index >= 15 is 0 Å². The first kappa shape index (κ1) is 9.20. The van der Waals surface area contributed by atoms with Crippen LogP contribution in [0.5, 0.6) is 0 Å². The summed E-state index contributed by atoms with van der Waals surface area (Å²) < 4.78 is 13.0. The molecule has 0 atom stereocenters. The van der Waals surface area contributed by atoms with E-state index in [1.807, 2.05) is 0 Å². The fourth-order valence-corrected chi connectivity index (χ4v) is 1.05. The van der Waals surface area contributed by atoms with Crippen molar-refractivity contribution in [3.63, 3.8) is 0 Å². The molecule has 0 fully saturated rings. The summed E-state index contributed by atoms with van der Waals surface area (Å²) in [7, 11) is 0. The predicted octanol–water partition coefficient (Wildman–Crippen LogP) is 0.991. The lowest BCUT2D eigenvalue weighted by Gasteiger charge is -2.02. The molecule has 1 aromatic rings. The van der Waals surface area contributed by atoms with E-state index in [2.05, 4.69) is 0 Å². The summed E-state index contributed by atoms with van der Waals surface area (Å²) in [5, 5.41) is 8.38. The summed E-state index contributed by atoms with van der Waals surface area (Å²) in [6.45, 7) is 0. The van der Waals surface area contributed by atoms with Gasteiger partial charge in [0, 0.05) is 11.1 Å². The summed E-state index contributed by atoms with van der Waals surface area (Å²) in [6.07, 6.45) is -0.148. The van der Waals surface area contributed by atoms with Crippen LogP contribution >= 0.6 is 0 Å². The van der Waals surface area contributed by atoms with E-state index in [4.69, 9.17) is 11.0 Å². The van der Waals surface area contributed by atoms with Gasteiger partial charge in [0.05, 0.1) is 12.5 Å². The Morgan fingerprint density at radius 3 is 2.85 bits per heavy atom. The third-order valence-electron chi connectivity index (χ3n) is 1.64. The lowest BCUT2D eigenvalue weighted by molar-refractivity contribution is 0.0999. The number of rotatable bonds is 2. The molecule has 0 saturated carbocycles. The van der Waals surface area contributed by atoms with E-state index in [1.54, 1.807) is 6.07 Å². The van der Waals surface area contributed by atoms with Gasteiger partial charge in [-0.2, -0.15) is 5.26 Å². The van der Waals surface area contributed by atoms with E-state index in [9.17, 15) is 9.18 Å². The minimum absolute atomic E-state index is 0.0671. The molecule has 0 radical (unpaired) electrons. The molecule has 0 aliphatic carbocycles. The van der Waals surface area contributed by atoms with Crippen LogP contribution in [0.2, 0.25) is 0 Å². The second kappa shape index (κ2) is 3.68. The molecule has 0 aliphatic rings. The minimum atomic E-state index is -0.718. The molecule has 0 heterocycles. The number of benzene rings is 1. The second-order valence-electron chi connectivity index (χ2n) is 2.47. The lowest BCUT2D eigenvalue weighted by Crippen LogP contribution is -2.14. The van der Waals surface area contributed by atoms with Gasteiger partial charge in [0.1, 0.15) is 5.82 Å². The smallest absolute Gasteiger partial charge is 0.249 e. The molecule has 0 unspecified atom stereocenters. The summed E-state index contributed by atoms with van der Waals surface area (Å²) in [4.78, 5) is 10.8. The maximum absolute atomic E-state index is 13.0. The van der Waals surface area contributed by atoms with Crippen molar-refractivity contribution in [1.29, 1.82) is 5.26 Å². The highest BCUT2D eigenvalue weighted by atomic mass is 19.1. The highest BCUT2D eigenvalue weighted by molar-refractivity contribution is 5.94. The first-order valence-electron chi connectivity index (χ1n) is 3.61. The van der Waals surface area contributed by atoms with Crippen LogP contribution in [0.1, 0.15) is 15.9 Å². The number of primary amides is 1. The van der Waals surface area contributed by atoms with Gasteiger partial charge in [0.25, 0.3) is 0 Å². The van der Waals surface area contributed by atoms with Gasteiger partial charge >= 0.3 is 0 Å². The fourth-order valence-electron chi connectivity index (χ4n) is 1.05. The van der Waals surface area contributed by atoms with Crippen molar-refractivity contribution in [3.05, 3.63) is 35.1 Å². The standard InChI is InChI=1S/C9H7FN2O/c10-8-3-1-2-7(9(12)13)6(8)4-5-11/h1-3H,4H2,(H2,12,13). The Hall–Kier alpha value is -1.89. The Morgan fingerprint density at radius 1 is 1.62 bits per heavy atom. The number of hydrogen-bond donors (Lipinski definition) is 1. The molecule has 1 aromatic carbocycles. The van der Waals surface area contributed by atoms with Gasteiger partial charge < -0.3 is 5.73 Å². The monoisotopic (exact) mass is 178 g/mol. The number of nitriles is 1. The summed E-state index contributed by atoms with van der Waals surface area (Å²) in [6, 6.07) is 5.75. The van der Waals surface area contributed by atoms with Crippen LogP contribution in [-0.2, 0) is 6.42 Å². The zero-order chi connectivity index (χ0) is 9.84. The van der Waals surface area contributed by atoms with E-state index < -0.39 is 11.7 Å². The summed E-state index contributed by atoms with van der Waals surface area (Å²) >= 11 is 0. The Bertz CT molecular complexity index is 382. The largest absolute Gasteiger partial charge is 0.366 e. The molecule has 0 saturated heterocycles. The highest BCUT2D eigenvalue weighted by Gasteiger charge is 2.11. The molecule has 2 N–H and O–H groups in total. The average molecular weight is 178 g/mol. The molecular weight excluding hydrogens is 171 g/mol. The molecular formula is C9H7FN2O. The van der Waals surface area contributed by atoms with E-state index in [0.717, 1.165) is 0 Å². The van der Waals surface area contributed by atoms with Gasteiger partial charge in [-0.05, 0) is 12.1 Å². The lowest BCUT2D eigenvalue weighted by atomic mass is 10.0. The Kier molecular flexibility index (Phi) is 2.60. The summed E-state index contributed by atoms with van der Waals surface area (Å²) in [5.74, 6) is -1.29. The van der Waals surface area contributed by atoms with Crippen LogP contribution in [0.15, 0.2) is 18.2 Å². The average Bonchev–Trinajstić information content (AvgIpc) is 2.08. The van der Waals surface area contributed by atoms with E-state index in [0.29, 0.717) is 0 Å². The van der Waals surface area contributed by atoms with Crippen molar-refractivity contribution < 1.29 is 9.18 Å². The third-order valence-corrected chi connectivity index (χ3v) is 1.64. The first-order chi connectivity index (χ1) is 6.16. The van der Waals surface area contributed by atoms with Crippen molar-refractivity contribution >= 4 is 5.91 Å². The molecule has 3 nitrogen and oxygen atoms in total. The van der Waals surface area contributed by atoms with Crippen molar-refractivity contribution in [1.82, 2.24) is 0 Å². The molecule has 1 amide bonds. The fraction of sp³-hybridized carbons (Fsp3) is 0.111. The molecule has 1 rings (SSSR count). The second-order valence-corrected chi connectivity index (χ2v) is 2.47. The number of carbonyl (C=O) groups is 1. The van der Waals surface area contributed by atoms with E-state index in [-0.39, 0.29) is 17.5 Å².